The number of carbonyl (C=O) groups is 2. The fourth-order valence-corrected chi connectivity index (χ4v) is 3.06. The molecule has 2 amide bonds. The number of carboxylic acids is 1. The van der Waals surface area contributed by atoms with Gasteiger partial charge in [0.25, 0.3) is 0 Å². The fourth-order valence-electron chi connectivity index (χ4n) is 1.91. The highest BCUT2D eigenvalue weighted by molar-refractivity contribution is 7.99. The topological polar surface area (TPSA) is 69.6 Å². The van der Waals surface area contributed by atoms with E-state index < -0.39 is 12.0 Å². The monoisotopic (exact) mass is 298 g/mol. The Hall–Kier alpha value is -1.76. The van der Waals surface area contributed by atoms with Gasteiger partial charge in [-0.05, 0) is 24.1 Å². The van der Waals surface area contributed by atoms with E-state index in [2.05, 4.69) is 5.32 Å². The van der Waals surface area contributed by atoms with Gasteiger partial charge in [0.15, 0.2) is 0 Å². The van der Waals surface area contributed by atoms with E-state index in [4.69, 9.17) is 5.11 Å². The number of rotatable bonds is 4. The smallest absolute Gasteiger partial charge is 0.327 e. The number of benzene rings is 1. The Labute approximate surface area is 120 Å². The van der Waals surface area contributed by atoms with Gasteiger partial charge in [0.2, 0.25) is 0 Å². The molecule has 1 aliphatic rings. The molecule has 1 saturated heterocycles. The minimum Gasteiger partial charge on any atom is -0.480 e. The molecule has 0 bridgehead atoms. The van der Waals surface area contributed by atoms with Crippen molar-refractivity contribution in [2.24, 2.45) is 0 Å². The predicted octanol–water partition coefficient (Wildman–Crippen LogP) is 1.54. The summed E-state index contributed by atoms with van der Waals surface area (Å²) in [7, 11) is 0. The first-order valence-corrected chi connectivity index (χ1v) is 7.33. The maximum absolute atomic E-state index is 12.7. The van der Waals surface area contributed by atoms with Crippen molar-refractivity contribution in [1.82, 2.24) is 10.2 Å². The molecule has 1 aromatic rings. The number of hydrogen-bond donors (Lipinski definition) is 2. The van der Waals surface area contributed by atoms with Crippen molar-refractivity contribution in [2.75, 3.05) is 18.2 Å². The summed E-state index contributed by atoms with van der Waals surface area (Å²) >= 11 is 1.42. The molecule has 7 heteroatoms. The predicted molar refractivity (Wildman–Crippen MR) is 74.1 cm³/mol. The number of aliphatic carboxylic acids is 1. The van der Waals surface area contributed by atoms with Crippen LogP contribution in [-0.2, 0) is 11.2 Å². The number of halogens is 1. The van der Waals surface area contributed by atoms with Gasteiger partial charge >= 0.3 is 12.0 Å². The Bertz CT molecular complexity index is 495. The minimum atomic E-state index is -0.983. The van der Waals surface area contributed by atoms with Crippen LogP contribution in [0.15, 0.2) is 24.3 Å². The summed E-state index contributed by atoms with van der Waals surface area (Å²) in [5.74, 6) is -0.472. The lowest BCUT2D eigenvalue weighted by atomic mass is 10.1. The number of urea groups is 1. The molecule has 0 radical (unpaired) electrons. The number of amides is 2. The zero-order valence-electron chi connectivity index (χ0n) is 10.7. The van der Waals surface area contributed by atoms with Crippen LogP contribution in [0.3, 0.4) is 0 Å². The van der Waals surface area contributed by atoms with E-state index in [1.54, 1.807) is 12.1 Å². The third-order valence-corrected chi connectivity index (χ3v) is 4.04. The molecule has 108 valence electrons. The third-order valence-electron chi connectivity index (χ3n) is 3.03. The van der Waals surface area contributed by atoms with Crippen LogP contribution in [0.5, 0.6) is 0 Å². The number of carboxylic acid groups (broad SMARTS) is 1. The molecule has 0 saturated carbocycles. The zero-order valence-corrected chi connectivity index (χ0v) is 11.5. The Kier molecular flexibility index (Phi) is 4.84. The number of carbonyl (C=O) groups excluding carboxylic acids is 1. The van der Waals surface area contributed by atoms with E-state index in [1.165, 1.54) is 28.8 Å². The third kappa shape index (κ3) is 3.63. The van der Waals surface area contributed by atoms with Crippen molar-refractivity contribution in [3.8, 4) is 0 Å². The van der Waals surface area contributed by atoms with Gasteiger partial charge in [-0.15, -0.1) is 11.8 Å². The van der Waals surface area contributed by atoms with E-state index in [0.717, 1.165) is 5.56 Å². The summed E-state index contributed by atoms with van der Waals surface area (Å²) in [6.45, 7) is 0.387. The van der Waals surface area contributed by atoms with Crippen molar-refractivity contribution >= 4 is 23.8 Å². The van der Waals surface area contributed by atoms with E-state index in [0.29, 0.717) is 24.6 Å². The van der Waals surface area contributed by atoms with Crippen LogP contribution in [0, 0.1) is 5.82 Å². The normalized spacial score (nSPS) is 18.1. The Balaban J connectivity index is 1.80. The molecule has 1 aliphatic heterocycles. The molecule has 5 nitrogen and oxygen atoms in total. The molecular formula is C13H15FN2O3S. The number of nitrogens with one attached hydrogen (secondary N) is 1. The van der Waals surface area contributed by atoms with Crippen LogP contribution in [-0.4, -0.2) is 46.2 Å². The van der Waals surface area contributed by atoms with Crippen molar-refractivity contribution < 1.29 is 19.1 Å². The first kappa shape index (κ1) is 14.6. The SMILES string of the molecule is O=C(O)C1CSCN1C(=O)NCCc1ccc(F)cc1. The number of thioether (sulfide) groups is 1. The second-order valence-electron chi connectivity index (χ2n) is 4.43. The average molecular weight is 298 g/mol. The van der Waals surface area contributed by atoms with Crippen LogP contribution in [0.4, 0.5) is 9.18 Å². The molecule has 1 fully saturated rings. The van der Waals surface area contributed by atoms with Gasteiger partial charge in [0.05, 0.1) is 5.88 Å². The molecule has 1 heterocycles. The summed E-state index contributed by atoms with van der Waals surface area (Å²) < 4.78 is 12.7. The standard InChI is InChI=1S/C13H15FN2O3S/c14-10-3-1-9(2-4-10)5-6-15-13(19)16-8-20-7-11(16)12(17)18/h1-4,11H,5-8H2,(H,15,19)(H,17,18). The van der Waals surface area contributed by atoms with E-state index in [9.17, 15) is 14.0 Å². The lowest BCUT2D eigenvalue weighted by Gasteiger charge is -2.20. The highest BCUT2D eigenvalue weighted by Crippen LogP contribution is 2.20. The minimum absolute atomic E-state index is 0.295. The molecule has 20 heavy (non-hydrogen) atoms. The van der Waals surface area contributed by atoms with Crippen LogP contribution in [0.25, 0.3) is 0 Å². The largest absolute Gasteiger partial charge is 0.480 e. The summed E-state index contributed by atoms with van der Waals surface area (Å²) in [5, 5.41) is 11.7. The molecule has 1 atom stereocenters. The average Bonchev–Trinajstić information content (AvgIpc) is 2.90. The van der Waals surface area contributed by atoms with Gasteiger partial charge in [-0.25, -0.2) is 14.0 Å². The molecule has 1 aromatic carbocycles. The first-order chi connectivity index (χ1) is 9.58. The number of hydrogen-bond acceptors (Lipinski definition) is 3. The highest BCUT2D eigenvalue weighted by atomic mass is 32.2. The lowest BCUT2D eigenvalue weighted by Crippen LogP contribution is -2.47. The van der Waals surface area contributed by atoms with Gasteiger partial charge < -0.3 is 15.3 Å². The first-order valence-electron chi connectivity index (χ1n) is 6.17. The number of nitrogens with zero attached hydrogens (tertiary/aromatic N) is 1. The Morgan fingerprint density at radius 3 is 2.75 bits per heavy atom. The summed E-state index contributed by atoms with van der Waals surface area (Å²) in [4.78, 5) is 24.2. The quantitative estimate of drug-likeness (QED) is 0.884. The van der Waals surface area contributed by atoms with Crippen molar-refractivity contribution in [1.29, 1.82) is 0 Å². The molecule has 2 N–H and O–H groups in total. The van der Waals surface area contributed by atoms with Crippen LogP contribution < -0.4 is 5.32 Å². The second kappa shape index (κ2) is 6.60. The van der Waals surface area contributed by atoms with Gasteiger partial charge in [-0.1, -0.05) is 12.1 Å². The van der Waals surface area contributed by atoms with Gasteiger partial charge in [-0.3, -0.25) is 0 Å². The van der Waals surface area contributed by atoms with Crippen molar-refractivity contribution in [3.63, 3.8) is 0 Å². The van der Waals surface area contributed by atoms with Crippen molar-refractivity contribution in [3.05, 3.63) is 35.6 Å². The molecular weight excluding hydrogens is 283 g/mol. The van der Waals surface area contributed by atoms with Gasteiger partial charge in [-0.2, -0.15) is 0 Å². The fraction of sp³-hybridized carbons (Fsp3) is 0.385. The van der Waals surface area contributed by atoms with Gasteiger partial charge in [0.1, 0.15) is 11.9 Å². The van der Waals surface area contributed by atoms with Crippen LogP contribution >= 0.6 is 11.8 Å². The summed E-state index contributed by atoms with van der Waals surface area (Å²) in [5.41, 5.74) is 0.914. The van der Waals surface area contributed by atoms with Crippen LogP contribution in [0.2, 0.25) is 0 Å². The maximum atomic E-state index is 12.7. The molecule has 2 rings (SSSR count). The van der Waals surface area contributed by atoms with Gasteiger partial charge in [0, 0.05) is 12.3 Å². The molecule has 1 unspecified atom stereocenters. The van der Waals surface area contributed by atoms with E-state index >= 15 is 0 Å². The van der Waals surface area contributed by atoms with Crippen molar-refractivity contribution in [2.45, 2.75) is 12.5 Å². The zero-order chi connectivity index (χ0) is 14.5. The lowest BCUT2D eigenvalue weighted by molar-refractivity contribution is -0.140. The maximum Gasteiger partial charge on any atom is 0.327 e. The molecule has 0 spiro atoms. The Morgan fingerprint density at radius 2 is 2.10 bits per heavy atom. The molecule has 0 aromatic heterocycles. The van der Waals surface area contributed by atoms with Crippen LogP contribution in [0.1, 0.15) is 5.56 Å². The highest BCUT2D eigenvalue weighted by Gasteiger charge is 2.34. The summed E-state index contributed by atoms with van der Waals surface area (Å²) in [6, 6.07) is 4.93. The van der Waals surface area contributed by atoms with E-state index in [-0.39, 0.29) is 11.8 Å². The Morgan fingerprint density at radius 1 is 1.40 bits per heavy atom. The summed E-state index contributed by atoms with van der Waals surface area (Å²) in [6.07, 6.45) is 0.574. The molecule has 0 aliphatic carbocycles. The second-order valence-corrected chi connectivity index (χ2v) is 5.43. The van der Waals surface area contributed by atoms with E-state index in [1.807, 2.05) is 0 Å².